The maximum Gasteiger partial charge on any atom is 0.260 e. The number of hydrogen-bond acceptors (Lipinski definition) is 4. The Morgan fingerprint density at radius 2 is 1.12 bits per heavy atom. The molecule has 0 N–H and O–H groups in total. The van der Waals surface area contributed by atoms with E-state index in [-0.39, 0.29) is 6.71 Å². The summed E-state index contributed by atoms with van der Waals surface area (Å²) >= 11 is 0. The van der Waals surface area contributed by atoms with E-state index in [1.54, 1.807) is 0 Å². The lowest BCUT2D eigenvalue weighted by atomic mass is 9.34. The quantitative estimate of drug-likeness (QED) is 0.209. The van der Waals surface area contributed by atoms with Crippen LogP contribution in [0.1, 0.15) is 11.1 Å². The first-order valence-corrected chi connectivity index (χ1v) is 14.8. The maximum absolute atomic E-state index is 6.64. The van der Waals surface area contributed by atoms with Crippen molar-refractivity contribution in [3.05, 3.63) is 132 Å². The Kier molecular flexibility index (Phi) is 4.61. The lowest BCUT2D eigenvalue weighted by Gasteiger charge is -2.34. The van der Waals surface area contributed by atoms with Gasteiger partial charge < -0.3 is 18.8 Å². The molecular weight excluding hydrogens is 529 g/mol. The van der Waals surface area contributed by atoms with Gasteiger partial charge in [0.15, 0.2) is 0 Å². The van der Waals surface area contributed by atoms with Crippen LogP contribution in [0, 0.1) is 0 Å². The summed E-state index contributed by atoms with van der Waals surface area (Å²) in [6.45, 7) is 0.0319. The molecule has 4 nitrogen and oxygen atoms in total. The Balaban J connectivity index is 1.16. The summed E-state index contributed by atoms with van der Waals surface area (Å²) < 4.78 is 19.7. The fourth-order valence-corrected chi connectivity index (χ4v) is 7.12. The Labute approximate surface area is 248 Å². The number of anilines is 3. The van der Waals surface area contributed by atoms with Crippen molar-refractivity contribution in [2.24, 2.45) is 0 Å². The van der Waals surface area contributed by atoms with E-state index in [1.165, 1.54) is 16.6 Å². The van der Waals surface area contributed by atoms with Crippen molar-refractivity contribution in [2.75, 3.05) is 4.90 Å². The van der Waals surface area contributed by atoms with Crippen molar-refractivity contribution in [3.8, 4) is 23.0 Å². The minimum atomic E-state index is 0.0319. The minimum Gasteiger partial charge on any atom is -0.458 e. The third-order valence-corrected chi connectivity index (χ3v) is 9.25. The number of ether oxygens (including phenoxy) is 2. The van der Waals surface area contributed by atoms with Crippen LogP contribution < -0.4 is 30.8 Å². The first kappa shape index (κ1) is 23.2. The van der Waals surface area contributed by atoms with Gasteiger partial charge in [0.25, 0.3) is 6.71 Å². The Bertz CT molecular complexity index is 2220. The van der Waals surface area contributed by atoms with Gasteiger partial charge in [0.2, 0.25) is 0 Å². The highest BCUT2D eigenvalue weighted by Gasteiger charge is 2.41. The molecule has 0 spiro atoms. The van der Waals surface area contributed by atoms with Crippen molar-refractivity contribution in [3.63, 3.8) is 0 Å². The zero-order chi connectivity index (χ0) is 28.1. The lowest BCUT2D eigenvalue weighted by Crippen LogP contribution is -2.57. The first-order chi connectivity index (χ1) is 21.3. The van der Waals surface area contributed by atoms with Gasteiger partial charge in [-0.2, -0.15) is 0 Å². The third kappa shape index (κ3) is 3.33. The molecule has 6 aromatic carbocycles. The number of fused-ring (bicyclic) bond motifs is 8. The molecule has 202 valence electrons. The lowest BCUT2D eigenvalue weighted by molar-refractivity contribution is 0.464. The molecule has 2 aliphatic heterocycles. The zero-order valence-electron chi connectivity index (χ0n) is 23.2. The summed E-state index contributed by atoms with van der Waals surface area (Å²) in [5, 5.41) is 2.12. The zero-order valence-corrected chi connectivity index (χ0v) is 23.2. The molecule has 0 bridgehead atoms. The molecule has 0 saturated heterocycles. The minimum absolute atomic E-state index is 0.0319. The smallest absolute Gasteiger partial charge is 0.260 e. The first-order valence-electron chi connectivity index (χ1n) is 14.8. The van der Waals surface area contributed by atoms with Crippen LogP contribution in [-0.2, 0) is 12.8 Å². The summed E-state index contributed by atoms with van der Waals surface area (Å²) in [5.74, 6) is 3.56. The summed E-state index contributed by atoms with van der Waals surface area (Å²) in [6.07, 6.45) is 2.25. The van der Waals surface area contributed by atoms with Crippen LogP contribution in [-0.4, -0.2) is 6.71 Å². The number of hydrogen-bond donors (Lipinski definition) is 0. The van der Waals surface area contributed by atoms with Crippen LogP contribution in [0.5, 0.6) is 23.0 Å². The molecule has 0 radical (unpaired) electrons. The fourth-order valence-electron chi connectivity index (χ4n) is 7.12. The van der Waals surface area contributed by atoms with Gasteiger partial charge in [-0.3, -0.25) is 0 Å². The largest absolute Gasteiger partial charge is 0.458 e. The van der Waals surface area contributed by atoms with Crippen LogP contribution in [0.4, 0.5) is 17.1 Å². The van der Waals surface area contributed by atoms with Crippen molar-refractivity contribution in [1.29, 1.82) is 0 Å². The molecule has 0 unspecified atom stereocenters. The standard InChI is InChI=1S/C38H24BNO3/c1-3-8-25(9-4-1)40(26-10-5-2-6-11-26)27-16-17-28-29-21-37-31(22-35(29)43-34(28)20-27)39-30-18-23-14-15-24(23)19-36(30)41-32-12-7-13-33(42-37)38(32)39/h1-13,16-22H,14-15H2. The number of furan rings is 1. The summed E-state index contributed by atoms with van der Waals surface area (Å²) in [4.78, 5) is 2.26. The third-order valence-electron chi connectivity index (χ3n) is 9.25. The van der Waals surface area contributed by atoms with Gasteiger partial charge in [0.05, 0.1) is 0 Å². The molecule has 0 saturated carbocycles. The predicted octanol–water partition coefficient (Wildman–Crippen LogP) is 7.88. The van der Waals surface area contributed by atoms with E-state index in [9.17, 15) is 0 Å². The van der Waals surface area contributed by atoms with Crippen molar-refractivity contribution in [2.45, 2.75) is 12.8 Å². The molecule has 0 atom stereocenters. The molecule has 7 aromatic rings. The van der Waals surface area contributed by atoms with Gasteiger partial charge in [-0.05, 0) is 102 Å². The topological polar surface area (TPSA) is 34.8 Å². The van der Waals surface area contributed by atoms with Gasteiger partial charge in [0.1, 0.15) is 34.2 Å². The van der Waals surface area contributed by atoms with Gasteiger partial charge in [-0.15, -0.1) is 0 Å². The molecule has 0 fully saturated rings. The maximum atomic E-state index is 6.64. The Morgan fingerprint density at radius 3 is 1.81 bits per heavy atom. The van der Waals surface area contributed by atoms with E-state index in [0.717, 1.165) is 85.8 Å². The average Bonchev–Trinajstić information content (AvgIpc) is 3.39. The van der Waals surface area contributed by atoms with Crippen molar-refractivity contribution >= 4 is 62.1 Å². The second kappa shape index (κ2) is 8.56. The highest BCUT2D eigenvalue weighted by atomic mass is 16.5. The molecule has 1 aromatic heterocycles. The van der Waals surface area contributed by atoms with Gasteiger partial charge in [-0.1, -0.05) is 48.5 Å². The van der Waals surface area contributed by atoms with Crippen LogP contribution in [0.3, 0.4) is 0 Å². The van der Waals surface area contributed by atoms with E-state index in [0.29, 0.717) is 0 Å². The average molecular weight is 553 g/mol. The molecule has 0 amide bonds. The number of para-hydroxylation sites is 2. The normalized spacial score (nSPS) is 13.7. The van der Waals surface area contributed by atoms with Crippen molar-refractivity contribution < 1.29 is 13.9 Å². The summed E-state index contributed by atoms with van der Waals surface area (Å²) in [6, 6.07) is 42.4. The number of nitrogens with zero attached hydrogens (tertiary/aromatic N) is 1. The van der Waals surface area contributed by atoms with Crippen LogP contribution in [0.25, 0.3) is 21.9 Å². The highest BCUT2D eigenvalue weighted by molar-refractivity contribution is 6.98. The predicted molar refractivity (Wildman–Crippen MR) is 173 cm³/mol. The Hall–Kier alpha value is -5.42. The Morgan fingerprint density at radius 1 is 0.488 bits per heavy atom. The van der Waals surface area contributed by atoms with E-state index >= 15 is 0 Å². The summed E-state index contributed by atoms with van der Waals surface area (Å²) in [5.41, 5.74) is 11.2. The van der Waals surface area contributed by atoms with E-state index in [2.05, 4.69) is 108 Å². The highest BCUT2D eigenvalue weighted by Crippen LogP contribution is 2.41. The molecule has 5 heteroatoms. The molecule has 43 heavy (non-hydrogen) atoms. The number of benzene rings is 6. The van der Waals surface area contributed by atoms with Crippen molar-refractivity contribution in [1.82, 2.24) is 0 Å². The monoisotopic (exact) mass is 553 g/mol. The second-order valence-electron chi connectivity index (χ2n) is 11.6. The number of aryl methyl sites for hydroxylation is 2. The molecule has 10 rings (SSSR count). The second-order valence-corrected chi connectivity index (χ2v) is 11.6. The molecule has 3 aliphatic rings. The summed E-state index contributed by atoms with van der Waals surface area (Å²) in [7, 11) is 0. The number of rotatable bonds is 3. The molecule has 3 heterocycles. The van der Waals surface area contributed by atoms with Gasteiger partial charge >= 0.3 is 0 Å². The van der Waals surface area contributed by atoms with Crippen LogP contribution in [0.2, 0.25) is 0 Å². The fraction of sp³-hybridized carbons (Fsp3) is 0.0526. The van der Waals surface area contributed by atoms with Crippen LogP contribution >= 0.6 is 0 Å². The molecular formula is C38H24BNO3. The molecule has 1 aliphatic carbocycles. The van der Waals surface area contributed by atoms with E-state index in [4.69, 9.17) is 13.9 Å². The van der Waals surface area contributed by atoms with E-state index < -0.39 is 0 Å². The van der Waals surface area contributed by atoms with Gasteiger partial charge in [0, 0.05) is 39.4 Å². The van der Waals surface area contributed by atoms with Crippen LogP contribution in [0.15, 0.2) is 126 Å². The SMILES string of the molecule is c1ccc(N(c2ccccc2)c2ccc3c(c2)oc2cc4c(cc23)Oc2cccc3c2B4c2cc4c(cc2O3)CC4)cc1. The van der Waals surface area contributed by atoms with Gasteiger partial charge in [-0.25, -0.2) is 0 Å². The van der Waals surface area contributed by atoms with E-state index in [1.807, 2.05) is 18.2 Å².